The molecule has 9 nitrogen and oxygen atoms in total. The summed E-state index contributed by atoms with van der Waals surface area (Å²) in [5.41, 5.74) is 1.46. The fourth-order valence-corrected chi connectivity index (χ4v) is 4.78. The van der Waals surface area contributed by atoms with Crippen LogP contribution >= 0.6 is 0 Å². The van der Waals surface area contributed by atoms with Crippen molar-refractivity contribution in [2.75, 3.05) is 38.0 Å². The van der Waals surface area contributed by atoms with Crippen LogP contribution in [0, 0.1) is 6.92 Å². The van der Waals surface area contributed by atoms with Crippen LogP contribution in [0.2, 0.25) is 0 Å². The molecule has 0 aliphatic carbocycles. The highest BCUT2D eigenvalue weighted by atomic mass is 19.4. The van der Waals surface area contributed by atoms with E-state index in [1.807, 2.05) is 11.8 Å². The number of aryl methyl sites for hydroxylation is 1. The number of halogens is 3. The first kappa shape index (κ1) is 29.2. The van der Waals surface area contributed by atoms with Gasteiger partial charge in [0, 0.05) is 57.0 Å². The zero-order chi connectivity index (χ0) is 29.7. The normalized spacial score (nSPS) is 14.6. The molecule has 1 N–H and O–H groups in total. The van der Waals surface area contributed by atoms with Crippen LogP contribution < -0.4 is 10.1 Å². The monoisotopic (exact) mass is 580 g/mol. The largest absolute Gasteiger partial charge is 0.439 e. The fourth-order valence-electron chi connectivity index (χ4n) is 4.78. The summed E-state index contributed by atoms with van der Waals surface area (Å²) in [6.45, 7) is 8.17. The third-order valence-corrected chi connectivity index (χ3v) is 7.19. The average Bonchev–Trinajstić information content (AvgIpc) is 3.48. The minimum absolute atomic E-state index is 0.179. The molecule has 5 rings (SSSR count). The number of anilines is 2. The van der Waals surface area contributed by atoms with Crippen molar-refractivity contribution in [3.63, 3.8) is 0 Å². The number of hydrogen-bond acceptors (Lipinski definition) is 9. The zero-order valence-corrected chi connectivity index (χ0v) is 23.3. The molecule has 1 aliphatic rings. The Kier molecular flexibility index (Phi) is 8.83. The van der Waals surface area contributed by atoms with Crippen LogP contribution in [0.3, 0.4) is 0 Å². The number of ether oxygens (including phenoxy) is 1. The van der Waals surface area contributed by atoms with Crippen molar-refractivity contribution in [2.24, 2.45) is 0 Å². The molecule has 0 saturated carbocycles. The summed E-state index contributed by atoms with van der Waals surface area (Å²) in [7, 11) is 0. The summed E-state index contributed by atoms with van der Waals surface area (Å²) in [5, 5.41) is 6.54. The Morgan fingerprint density at radius 2 is 1.86 bits per heavy atom. The van der Waals surface area contributed by atoms with E-state index in [4.69, 9.17) is 9.26 Å². The number of piperazine rings is 1. The predicted octanol–water partition coefficient (Wildman–Crippen LogP) is 5.89. The second-order valence-electron chi connectivity index (χ2n) is 10.1. The summed E-state index contributed by atoms with van der Waals surface area (Å²) in [6.07, 6.45) is -0.327. The van der Waals surface area contributed by atoms with Crippen molar-refractivity contribution in [2.45, 2.75) is 33.0 Å². The number of likely N-dealkylation sites (N-methyl/N-ethyl adjacent to an activating group) is 1. The van der Waals surface area contributed by atoms with Gasteiger partial charge in [-0.1, -0.05) is 36.3 Å². The minimum atomic E-state index is -4.52. The molecule has 0 bridgehead atoms. The van der Waals surface area contributed by atoms with Crippen LogP contribution in [0.15, 0.2) is 65.6 Å². The Morgan fingerprint density at radius 1 is 1.07 bits per heavy atom. The minimum Gasteiger partial charge on any atom is -0.439 e. The van der Waals surface area contributed by atoms with E-state index in [0.717, 1.165) is 44.4 Å². The summed E-state index contributed by atoms with van der Waals surface area (Å²) >= 11 is 0. The van der Waals surface area contributed by atoms with Gasteiger partial charge in [0.05, 0.1) is 11.8 Å². The highest BCUT2D eigenvalue weighted by molar-refractivity contribution is 5.98. The van der Waals surface area contributed by atoms with Crippen molar-refractivity contribution in [1.82, 2.24) is 24.9 Å². The maximum Gasteiger partial charge on any atom is 0.416 e. The molecule has 0 atom stereocenters. The van der Waals surface area contributed by atoms with Crippen molar-refractivity contribution < 1.29 is 27.2 Å². The number of rotatable bonds is 10. The van der Waals surface area contributed by atoms with Crippen molar-refractivity contribution in [3.8, 4) is 11.6 Å². The van der Waals surface area contributed by atoms with E-state index < -0.39 is 11.7 Å². The summed E-state index contributed by atoms with van der Waals surface area (Å²) in [6, 6.07) is 10.7. The Bertz CT molecular complexity index is 1520. The van der Waals surface area contributed by atoms with E-state index >= 15 is 0 Å². The molecule has 0 amide bonds. The Balaban J connectivity index is 1.29. The number of alkyl halides is 3. The maximum atomic E-state index is 14.0. The number of benzene rings is 2. The lowest BCUT2D eigenvalue weighted by Gasteiger charge is -2.34. The van der Waals surface area contributed by atoms with Crippen LogP contribution in [-0.4, -0.2) is 63.4 Å². The first-order valence-electron chi connectivity index (χ1n) is 13.6. The van der Waals surface area contributed by atoms with Gasteiger partial charge in [0.2, 0.25) is 11.8 Å². The van der Waals surface area contributed by atoms with Crippen LogP contribution in [0.25, 0.3) is 0 Å². The molecular weight excluding hydrogens is 549 g/mol. The fraction of sp³-hybridized carbons (Fsp3) is 0.333. The molecule has 1 aliphatic heterocycles. The molecule has 1 fully saturated rings. The molecule has 2 aromatic carbocycles. The van der Waals surface area contributed by atoms with Gasteiger partial charge in [0.25, 0.3) is 0 Å². The molecule has 3 heterocycles. The number of Topliss-reactive ketones (excluding diaryl/α,β-unsaturated/α-hetero) is 1. The highest BCUT2D eigenvalue weighted by Crippen LogP contribution is 2.34. The topological polar surface area (TPSA) is 96.6 Å². The molecule has 4 aromatic rings. The standard InChI is InChI=1S/C30H31F3N6O3/c1-3-38-10-12-39(13-11-38)18-23-7-5-21(14-25(23)30(31,32)33)15-26(40)22-6-4-20(2)27(16-22)42-28-8-9-34-29(37-28)36-24-17-35-41-19-24/h4-9,14,16-17,19H,3,10-13,15,18H2,1-2H3,(H,34,36,37). The molecule has 42 heavy (non-hydrogen) atoms. The summed E-state index contributed by atoms with van der Waals surface area (Å²) in [4.78, 5) is 25.9. The van der Waals surface area contributed by atoms with E-state index in [9.17, 15) is 18.0 Å². The van der Waals surface area contributed by atoms with Gasteiger partial charge in [-0.05, 0) is 42.3 Å². The third-order valence-electron chi connectivity index (χ3n) is 7.19. The Hall–Kier alpha value is -4.29. The lowest BCUT2D eigenvalue weighted by atomic mass is 9.97. The highest BCUT2D eigenvalue weighted by Gasteiger charge is 2.34. The van der Waals surface area contributed by atoms with Gasteiger partial charge >= 0.3 is 6.18 Å². The molecule has 220 valence electrons. The number of carbonyl (C=O) groups excluding carboxylic acids is 1. The van der Waals surface area contributed by atoms with E-state index in [2.05, 4.69) is 32.3 Å². The second-order valence-corrected chi connectivity index (χ2v) is 10.1. The number of carbonyl (C=O) groups is 1. The van der Waals surface area contributed by atoms with E-state index in [0.29, 0.717) is 22.6 Å². The smallest absolute Gasteiger partial charge is 0.416 e. The van der Waals surface area contributed by atoms with Gasteiger partial charge in [0.15, 0.2) is 5.78 Å². The van der Waals surface area contributed by atoms with Gasteiger partial charge in [-0.2, -0.15) is 18.2 Å². The van der Waals surface area contributed by atoms with Crippen LogP contribution in [-0.2, 0) is 19.1 Å². The SMILES string of the molecule is CCN1CCN(Cc2ccc(CC(=O)c3ccc(C)c(Oc4ccnc(Nc5cnoc5)n4)c3)cc2C(F)(F)F)CC1. The number of ketones is 1. The quantitative estimate of drug-likeness (QED) is 0.230. The summed E-state index contributed by atoms with van der Waals surface area (Å²) in [5.74, 6) is 0.560. The number of hydrogen-bond donors (Lipinski definition) is 1. The summed E-state index contributed by atoms with van der Waals surface area (Å²) < 4.78 is 52.9. The van der Waals surface area contributed by atoms with Crippen LogP contribution in [0.1, 0.15) is 39.5 Å². The molecule has 2 aromatic heterocycles. The lowest BCUT2D eigenvalue weighted by molar-refractivity contribution is -0.138. The van der Waals surface area contributed by atoms with E-state index in [1.54, 1.807) is 30.3 Å². The zero-order valence-electron chi connectivity index (χ0n) is 23.3. The van der Waals surface area contributed by atoms with Gasteiger partial charge < -0.3 is 19.5 Å². The number of aromatic nitrogens is 3. The molecule has 0 radical (unpaired) electrons. The molecule has 1 saturated heterocycles. The van der Waals surface area contributed by atoms with Crippen LogP contribution in [0.4, 0.5) is 24.8 Å². The van der Waals surface area contributed by atoms with E-state index in [-0.39, 0.29) is 36.1 Å². The Labute approximate surface area is 241 Å². The van der Waals surface area contributed by atoms with Crippen LogP contribution in [0.5, 0.6) is 11.6 Å². The molecule has 12 heteroatoms. The van der Waals surface area contributed by atoms with Crippen molar-refractivity contribution in [3.05, 3.63) is 88.9 Å². The lowest BCUT2D eigenvalue weighted by Crippen LogP contribution is -2.45. The molecule has 0 spiro atoms. The molecular formula is C30H31F3N6O3. The number of nitrogens with zero attached hydrogens (tertiary/aromatic N) is 5. The predicted molar refractivity (Wildman–Crippen MR) is 150 cm³/mol. The van der Waals surface area contributed by atoms with Gasteiger partial charge in [-0.25, -0.2) is 4.98 Å². The average molecular weight is 581 g/mol. The van der Waals surface area contributed by atoms with Crippen molar-refractivity contribution >= 4 is 17.4 Å². The second kappa shape index (κ2) is 12.7. The van der Waals surface area contributed by atoms with Gasteiger partial charge in [-0.3, -0.25) is 9.69 Å². The number of nitrogens with one attached hydrogen (secondary N) is 1. The molecule has 0 unspecified atom stereocenters. The maximum absolute atomic E-state index is 14.0. The third kappa shape index (κ3) is 7.31. The first-order chi connectivity index (χ1) is 20.2. The van der Waals surface area contributed by atoms with Gasteiger partial charge in [-0.15, -0.1) is 0 Å². The Morgan fingerprint density at radius 3 is 2.57 bits per heavy atom. The van der Waals surface area contributed by atoms with Gasteiger partial charge in [0.1, 0.15) is 17.7 Å². The van der Waals surface area contributed by atoms with Crippen molar-refractivity contribution in [1.29, 1.82) is 0 Å². The van der Waals surface area contributed by atoms with E-state index in [1.165, 1.54) is 24.7 Å². The first-order valence-corrected chi connectivity index (χ1v) is 13.6.